The first-order chi connectivity index (χ1) is 4.30. The Kier molecular flexibility index (Phi) is 8.36. The average Bonchev–Trinajstić information content (AvgIpc) is 1.90. The van der Waals surface area contributed by atoms with E-state index in [1.807, 2.05) is 0 Å². The van der Waals surface area contributed by atoms with E-state index in [4.69, 9.17) is 0 Å². The third-order valence-corrected chi connectivity index (χ3v) is 0.992. The van der Waals surface area contributed by atoms with Crippen molar-refractivity contribution in [2.24, 2.45) is 0 Å². The molecular weight excluding hydrogens is 267 g/mol. The molecule has 0 aliphatic heterocycles. The molecule has 1 aromatic rings. The van der Waals surface area contributed by atoms with Gasteiger partial charge in [-0.3, -0.25) is 8.78 Å². The molecule has 0 spiro atoms. The van der Waals surface area contributed by atoms with Crippen LogP contribution in [0.1, 0.15) is 5.56 Å². The molecule has 0 aromatic heterocycles. The van der Waals surface area contributed by atoms with Crippen molar-refractivity contribution in [2.45, 2.75) is 0 Å². The molecular formula is C7H5BrF2Zn. The van der Waals surface area contributed by atoms with Crippen LogP contribution in [-0.2, 0) is 19.5 Å². The Balaban J connectivity index is 0. The smallest absolute Gasteiger partial charge is 1.00 e. The van der Waals surface area contributed by atoms with Crippen molar-refractivity contribution in [3.05, 3.63) is 42.3 Å². The number of halogens is 3. The Hall–Kier alpha value is 0.0534. The topological polar surface area (TPSA) is 0 Å². The standard InChI is InChI=1S/C7H5F2.BrH.Zn/c8-7(9)6-4-2-1-3-5-6;;/h1-5H;1H;/q-1;;+2/p-1. The van der Waals surface area contributed by atoms with Crippen molar-refractivity contribution in [1.82, 2.24) is 0 Å². The van der Waals surface area contributed by atoms with Crippen LogP contribution in [0, 0.1) is 6.43 Å². The molecule has 0 heterocycles. The Labute approximate surface area is 87.5 Å². The van der Waals surface area contributed by atoms with Gasteiger partial charge in [-0.1, -0.05) is 6.07 Å². The largest absolute Gasteiger partial charge is 2.00 e. The van der Waals surface area contributed by atoms with Crippen LogP contribution in [0.15, 0.2) is 30.3 Å². The van der Waals surface area contributed by atoms with Crippen molar-refractivity contribution in [1.29, 1.82) is 0 Å². The summed E-state index contributed by atoms with van der Waals surface area (Å²) in [4.78, 5) is 0. The summed E-state index contributed by atoms with van der Waals surface area (Å²) in [7, 11) is 0. The Morgan fingerprint density at radius 1 is 1.00 bits per heavy atom. The van der Waals surface area contributed by atoms with Crippen LogP contribution in [0.5, 0.6) is 0 Å². The molecule has 0 atom stereocenters. The van der Waals surface area contributed by atoms with Crippen LogP contribution in [0.3, 0.4) is 0 Å². The molecule has 0 aliphatic carbocycles. The molecule has 0 saturated heterocycles. The molecule has 0 unspecified atom stereocenters. The molecule has 0 nitrogen and oxygen atoms in total. The number of benzene rings is 1. The molecule has 0 saturated carbocycles. The van der Waals surface area contributed by atoms with E-state index >= 15 is 0 Å². The normalized spacial score (nSPS) is 7.45. The second-order valence-corrected chi connectivity index (χ2v) is 1.63. The Morgan fingerprint density at radius 3 is 1.73 bits per heavy atom. The molecule has 11 heavy (non-hydrogen) atoms. The summed E-state index contributed by atoms with van der Waals surface area (Å²) >= 11 is 0. The molecule has 0 radical (unpaired) electrons. The Bertz CT molecular complexity index is 179. The van der Waals surface area contributed by atoms with E-state index in [0.29, 0.717) is 0 Å². The van der Waals surface area contributed by atoms with E-state index in [-0.39, 0.29) is 42.0 Å². The number of hydrogen-bond donors (Lipinski definition) is 0. The average molecular weight is 272 g/mol. The predicted octanol–water partition coefficient (Wildman–Crippen LogP) is -0.535. The summed E-state index contributed by atoms with van der Waals surface area (Å²) in [6.45, 7) is 0. The van der Waals surface area contributed by atoms with Gasteiger partial charge in [-0.25, -0.2) is 0 Å². The molecule has 0 amide bonds. The van der Waals surface area contributed by atoms with Gasteiger partial charge in [0, 0.05) is 0 Å². The van der Waals surface area contributed by atoms with E-state index in [1.165, 1.54) is 12.1 Å². The second kappa shape index (κ2) is 6.74. The Morgan fingerprint density at radius 2 is 1.45 bits per heavy atom. The van der Waals surface area contributed by atoms with Crippen LogP contribution in [0.25, 0.3) is 0 Å². The van der Waals surface area contributed by atoms with Gasteiger partial charge in [0.05, 0.1) is 0 Å². The van der Waals surface area contributed by atoms with Gasteiger partial charge < -0.3 is 17.0 Å². The predicted molar refractivity (Wildman–Crippen MR) is 31.0 cm³/mol. The summed E-state index contributed by atoms with van der Waals surface area (Å²) in [5.41, 5.74) is -0.00231. The molecule has 1 aromatic carbocycles. The van der Waals surface area contributed by atoms with Gasteiger partial charge in [0.1, 0.15) is 0 Å². The van der Waals surface area contributed by atoms with Crippen LogP contribution < -0.4 is 17.0 Å². The van der Waals surface area contributed by atoms with Gasteiger partial charge in [-0.15, -0.1) is 17.7 Å². The minimum Gasteiger partial charge on any atom is -1.00 e. The van der Waals surface area contributed by atoms with Crippen molar-refractivity contribution in [3.63, 3.8) is 0 Å². The van der Waals surface area contributed by atoms with E-state index in [9.17, 15) is 8.78 Å². The summed E-state index contributed by atoms with van der Waals surface area (Å²) in [6.07, 6.45) is -1.63. The van der Waals surface area contributed by atoms with Gasteiger partial charge in [0.25, 0.3) is 0 Å². The first-order valence-corrected chi connectivity index (χ1v) is 2.54. The van der Waals surface area contributed by atoms with Gasteiger partial charge >= 0.3 is 19.5 Å². The fourth-order valence-corrected chi connectivity index (χ4v) is 0.564. The molecule has 0 aliphatic rings. The van der Waals surface area contributed by atoms with Crippen molar-refractivity contribution in [3.8, 4) is 0 Å². The zero-order valence-corrected chi connectivity index (χ0v) is 10.3. The SMILES string of the molecule is F[C-](F)c1ccccc1.[Br-].[Zn+2]. The van der Waals surface area contributed by atoms with Crippen LogP contribution in [0.4, 0.5) is 8.78 Å². The number of rotatable bonds is 1. The minimum absolute atomic E-state index is 0. The third-order valence-electron chi connectivity index (χ3n) is 0.992. The first kappa shape index (κ1) is 13.6. The summed E-state index contributed by atoms with van der Waals surface area (Å²) < 4.78 is 23.4. The summed E-state index contributed by atoms with van der Waals surface area (Å²) in [6, 6.07) is 7.60. The molecule has 0 fully saturated rings. The fourth-order valence-electron chi connectivity index (χ4n) is 0.564. The van der Waals surface area contributed by atoms with Gasteiger partial charge in [-0.05, 0) is 0 Å². The summed E-state index contributed by atoms with van der Waals surface area (Å²) in [5.74, 6) is 0. The maximum absolute atomic E-state index is 11.7. The van der Waals surface area contributed by atoms with Crippen LogP contribution >= 0.6 is 0 Å². The second-order valence-electron chi connectivity index (χ2n) is 1.63. The zero-order chi connectivity index (χ0) is 6.69. The van der Waals surface area contributed by atoms with E-state index in [0.717, 1.165) is 0 Å². The van der Waals surface area contributed by atoms with Crippen LogP contribution in [0.2, 0.25) is 0 Å². The van der Waals surface area contributed by atoms with Crippen molar-refractivity contribution in [2.75, 3.05) is 0 Å². The van der Waals surface area contributed by atoms with Gasteiger partial charge in [-0.2, -0.15) is 12.1 Å². The molecule has 4 heteroatoms. The zero-order valence-electron chi connectivity index (χ0n) is 5.73. The van der Waals surface area contributed by atoms with Crippen molar-refractivity contribution >= 4 is 0 Å². The van der Waals surface area contributed by atoms with E-state index < -0.39 is 6.43 Å². The fraction of sp³-hybridized carbons (Fsp3) is 0. The maximum Gasteiger partial charge on any atom is 2.00 e. The molecule has 0 bridgehead atoms. The van der Waals surface area contributed by atoms with Crippen molar-refractivity contribution < 1.29 is 45.2 Å². The van der Waals surface area contributed by atoms with Crippen LogP contribution in [-0.4, -0.2) is 0 Å². The maximum atomic E-state index is 11.7. The molecule has 56 valence electrons. The van der Waals surface area contributed by atoms with E-state index in [2.05, 4.69) is 0 Å². The third kappa shape index (κ3) is 4.49. The molecule has 1 rings (SSSR count). The van der Waals surface area contributed by atoms with Gasteiger partial charge in [0.15, 0.2) is 6.43 Å². The molecule has 0 N–H and O–H groups in total. The van der Waals surface area contributed by atoms with Gasteiger partial charge in [0.2, 0.25) is 0 Å². The minimum atomic E-state index is -1.63. The number of hydrogen-bond acceptors (Lipinski definition) is 0. The first-order valence-electron chi connectivity index (χ1n) is 2.54. The van der Waals surface area contributed by atoms with E-state index in [1.54, 1.807) is 18.2 Å². The quantitative estimate of drug-likeness (QED) is 0.476. The summed E-state index contributed by atoms with van der Waals surface area (Å²) in [5, 5.41) is 0. The monoisotopic (exact) mass is 270 g/mol.